The predicted molar refractivity (Wildman–Crippen MR) is 86.6 cm³/mol. The fraction of sp³-hybridized carbons (Fsp3) is 0.125. The van der Waals surface area contributed by atoms with Gasteiger partial charge in [-0.2, -0.15) is 0 Å². The molecular formula is C16H14Cl2N2O. The first kappa shape index (κ1) is 14.4. The van der Waals surface area contributed by atoms with Crippen LogP contribution >= 0.6 is 23.2 Å². The molecule has 0 amide bonds. The first-order valence-electron chi connectivity index (χ1n) is 6.49. The van der Waals surface area contributed by atoms with E-state index in [1.54, 1.807) is 18.2 Å². The van der Waals surface area contributed by atoms with E-state index in [4.69, 9.17) is 33.5 Å². The standard InChI is InChI=1S/C16H14Cl2N2O/c1-9-2-5-14-10(6-9)7-15(21-14)16(20-19)12-8-11(17)3-4-13(12)18/h2-8,16,20H,19H2,1H3. The molecule has 1 atom stereocenters. The van der Waals surface area contributed by atoms with Gasteiger partial charge in [-0.1, -0.05) is 34.8 Å². The highest BCUT2D eigenvalue weighted by atomic mass is 35.5. The molecular weight excluding hydrogens is 307 g/mol. The van der Waals surface area contributed by atoms with Gasteiger partial charge in [0.05, 0.1) is 0 Å². The van der Waals surface area contributed by atoms with E-state index in [-0.39, 0.29) is 6.04 Å². The van der Waals surface area contributed by atoms with E-state index >= 15 is 0 Å². The van der Waals surface area contributed by atoms with Crippen molar-refractivity contribution in [3.05, 3.63) is 69.4 Å². The van der Waals surface area contributed by atoms with Gasteiger partial charge in [0, 0.05) is 15.4 Å². The van der Waals surface area contributed by atoms with Crippen LogP contribution in [0.4, 0.5) is 0 Å². The van der Waals surface area contributed by atoms with Gasteiger partial charge in [0.25, 0.3) is 0 Å². The Labute approximate surface area is 132 Å². The molecule has 3 N–H and O–H groups in total. The number of halogens is 2. The lowest BCUT2D eigenvalue weighted by Gasteiger charge is -2.15. The van der Waals surface area contributed by atoms with Crippen molar-refractivity contribution in [1.29, 1.82) is 0 Å². The number of rotatable bonds is 3. The van der Waals surface area contributed by atoms with Gasteiger partial charge in [-0.3, -0.25) is 5.84 Å². The van der Waals surface area contributed by atoms with E-state index in [1.165, 1.54) is 5.56 Å². The Hall–Kier alpha value is -1.52. The summed E-state index contributed by atoms with van der Waals surface area (Å²) in [7, 11) is 0. The fourth-order valence-electron chi connectivity index (χ4n) is 2.39. The predicted octanol–water partition coefficient (Wildman–Crippen LogP) is 4.60. The molecule has 2 aromatic carbocycles. The lowest BCUT2D eigenvalue weighted by Crippen LogP contribution is -2.28. The molecule has 3 rings (SSSR count). The first-order valence-corrected chi connectivity index (χ1v) is 7.25. The van der Waals surface area contributed by atoms with E-state index in [0.29, 0.717) is 15.8 Å². The number of hydrazine groups is 1. The summed E-state index contributed by atoms with van der Waals surface area (Å²) >= 11 is 12.3. The highest BCUT2D eigenvalue weighted by Gasteiger charge is 2.20. The SMILES string of the molecule is Cc1ccc2oc(C(NN)c3cc(Cl)ccc3Cl)cc2c1. The molecule has 21 heavy (non-hydrogen) atoms. The van der Waals surface area contributed by atoms with E-state index in [1.807, 2.05) is 25.1 Å². The maximum Gasteiger partial charge on any atom is 0.134 e. The van der Waals surface area contributed by atoms with Gasteiger partial charge in [-0.25, -0.2) is 5.43 Å². The lowest BCUT2D eigenvalue weighted by molar-refractivity contribution is 0.477. The average molecular weight is 321 g/mol. The number of fused-ring (bicyclic) bond motifs is 1. The van der Waals surface area contributed by atoms with Crippen molar-refractivity contribution in [1.82, 2.24) is 5.43 Å². The maximum absolute atomic E-state index is 6.25. The molecule has 3 aromatic rings. The number of hydrogen-bond acceptors (Lipinski definition) is 3. The van der Waals surface area contributed by atoms with Crippen molar-refractivity contribution in [2.75, 3.05) is 0 Å². The number of furan rings is 1. The summed E-state index contributed by atoms with van der Waals surface area (Å²) in [5, 5.41) is 2.21. The molecule has 0 saturated carbocycles. The van der Waals surface area contributed by atoms with Gasteiger partial charge in [-0.15, -0.1) is 0 Å². The van der Waals surface area contributed by atoms with Crippen LogP contribution in [0.15, 0.2) is 46.9 Å². The molecule has 0 fully saturated rings. The molecule has 1 aromatic heterocycles. The van der Waals surface area contributed by atoms with E-state index in [2.05, 4.69) is 11.5 Å². The van der Waals surface area contributed by atoms with Crippen molar-refractivity contribution in [2.45, 2.75) is 13.0 Å². The average Bonchev–Trinajstić information content (AvgIpc) is 2.86. The summed E-state index contributed by atoms with van der Waals surface area (Å²) in [5.74, 6) is 6.39. The minimum atomic E-state index is -0.357. The minimum Gasteiger partial charge on any atom is -0.459 e. The summed E-state index contributed by atoms with van der Waals surface area (Å²) in [4.78, 5) is 0. The summed E-state index contributed by atoms with van der Waals surface area (Å²) in [6.45, 7) is 2.04. The Morgan fingerprint density at radius 1 is 1.10 bits per heavy atom. The largest absolute Gasteiger partial charge is 0.459 e. The second kappa shape index (κ2) is 5.70. The molecule has 0 aliphatic carbocycles. The quantitative estimate of drug-likeness (QED) is 0.547. The van der Waals surface area contributed by atoms with Gasteiger partial charge in [0.1, 0.15) is 17.4 Å². The van der Waals surface area contributed by atoms with Crippen LogP contribution in [-0.4, -0.2) is 0 Å². The van der Waals surface area contributed by atoms with Crippen molar-refractivity contribution in [2.24, 2.45) is 5.84 Å². The highest BCUT2D eigenvalue weighted by molar-refractivity contribution is 6.33. The third-order valence-corrected chi connectivity index (χ3v) is 3.99. The van der Waals surface area contributed by atoms with Gasteiger partial charge in [0.15, 0.2) is 0 Å². The Kier molecular flexibility index (Phi) is 3.91. The number of benzene rings is 2. The van der Waals surface area contributed by atoms with Gasteiger partial charge in [-0.05, 0) is 48.9 Å². The normalized spacial score (nSPS) is 12.8. The number of aryl methyl sites for hydroxylation is 1. The highest BCUT2D eigenvalue weighted by Crippen LogP contribution is 2.33. The summed E-state index contributed by atoms with van der Waals surface area (Å²) < 4.78 is 5.88. The third kappa shape index (κ3) is 2.78. The van der Waals surface area contributed by atoms with Crippen molar-refractivity contribution < 1.29 is 4.42 Å². The lowest BCUT2D eigenvalue weighted by atomic mass is 10.0. The van der Waals surface area contributed by atoms with Crippen molar-refractivity contribution in [3.8, 4) is 0 Å². The van der Waals surface area contributed by atoms with E-state index in [9.17, 15) is 0 Å². The van der Waals surface area contributed by atoms with Crippen LogP contribution < -0.4 is 11.3 Å². The van der Waals surface area contributed by atoms with Gasteiger partial charge < -0.3 is 4.42 Å². The summed E-state index contributed by atoms with van der Waals surface area (Å²) in [6.07, 6.45) is 0. The molecule has 0 aliphatic heterocycles. The fourth-order valence-corrected chi connectivity index (χ4v) is 2.79. The van der Waals surface area contributed by atoms with Crippen LogP contribution in [0.2, 0.25) is 10.0 Å². The summed E-state index contributed by atoms with van der Waals surface area (Å²) in [5.41, 5.74) is 5.51. The number of nitrogens with one attached hydrogen (secondary N) is 1. The van der Waals surface area contributed by atoms with E-state index < -0.39 is 0 Å². The molecule has 0 spiro atoms. The van der Waals surface area contributed by atoms with Crippen LogP contribution in [0.1, 0.15) is 22.9 Å². The molecule has 1 heterocycles. The van der Waals surface area contributed by atoms with Crippen LogP contribution in [-0.2, 0) is 0 Å². The van der Waals surface area contributed by atoms with Crippen LogP contribution in [0.25, 0.3) is 11.0 Å². The molecule has 3 nitrogen and oxygen atoms in total. The maximum atomic E-state index is 6.25. The monoisotopic (exact) mass is 320 g/mol. The zero-order valence-electron chi connectivity index (χ0n) is 11.4. The smallest absolute Gasteiger partial charge is 0.134 e. The Balaban J connectivity index is 2.11. The molecule has 0 radical (unpaired) electrons. The molecule has 0 aliphatic rings. The zero-order valence-corrected chi connectivity index (χ0v) is 12.9. The second-order valence-corrected chi connectivity index (χ2v) is 5.80. The van der Waals surface area contributed by atoms with Crippen molar-refractivity contribution >= 4 is 34.2 Å². The van der Waals surface area contributed by atoms with Gasteiger partial charge in [0.2, 0.25) is 0 Å². The second-order valence-electron chi connectivity index (χ2n) is 4.96. The van der Waals surface area contributed by atoms with E-state index in [0.717, 1.165) is 16.5 Å². The third-order valence-electron chi connectivity index (χ3n) is 3.41. The first-order chi connectivity index (χ1) is 10.1. The topological polar surface area (TPSA) is 51.2 Å². The molecule has 5 heteroatoms. The summed E-state index contributed by atoms with van der Waals surface area (Å²) in [6, 6.07) is 12.9. The van der Waals surface area contributed by atoms with Crippen LogP contribution in [0.3, 0.4) is 0 Å². The molecule has 0 bridgehead atoms. The number of nitrogens with two attached hydrogens (primary N) is 1. The van der Waals surface area contributed by atoms with Gasteiger partial charge >= 0.3 is 0 Å². The molecule has 0 saturated heterocycles. The number of hydrogen-bond donors (Lipinski definition) is 2. The Bertz CT molecular complexity index is 798. The Morgan fingerprint density at radius 2 is 1.90 bits per heavy atom. The van der Waals surface area contributed by atoms with Crippen LogP contribution in [0.5, 0.6) is 0 Å². The van der Waals surface area contributed by atoms with Crippen molar-refractivity contribution in [3.63, 3.8) is 0 Å². The zero-order chi connectivity index (χ0) is 15.0. The van der Waals surface area contributed by atoms with Crippen LogP contribution in [0, 0.1) is 6.92 Å². The Morgan fingerprint density at radius 3 is 2.67 bits per heavy atom. The molecule has 1 unspecified atom stereocenters. The minimum absolute atomic E-state index is 0.357. The molecule has 108 valence electrons.